The molecule has 0 N–H and O–H groups in total. The summed E-state index contributed by atoms with van der Waals surface area (Å²) in [6, 6.07) is 12.4. The quantitative estimate of drug-likeness (QED) is 0.438. The fourth-order valence-corrected chi connectivity index (χ4v) is 2.26. The number of hydrogen-bond acceptors (Lipinski definition) is 4. The van der Waals surface area contributed by atoms with E-state index in [9.17, 15) is 9.59 Å². The molecule has 0 radical (unpaired) electrons. The molecule has 2 rings (SSSR count). The number of rotatable bonds is 7. The van der Waals surface area contributed by atoms with E-state index in [1.807, 2.05) is 6.07 Å². The van der Waals surface area contributed by atoms with Gasteiger partial charge < -0.3 is 9.15 Å². The Labute approximate surface area is 135 Å². The van der Waals surface area contributed by atoms with Crippen LogP contribution < -0.4 is 0 Å². The third-order valence-electron chi connectivity index (χ3n) is 3.61. The van der Waals surface area contributed by atoms with Crippen LogP contribution in [0.3, 0.4) is 0 Å². The number of ketones is 1. The number of hydrogen-bond donors (Lipinski definition) is 0. The third kappa shape index (κ3) is 3.97. The van der Waals surface area contributed by atoms with Crippen molar-refractivity contribution in [3.63, 3.8) is 0 Å². The second-order valence-corrected chi connectivity index (χ2v) is 5.37. The van der Waals surface area contributed by atoms with Gasteiger partial charge in [0.25, 0.3) is 0 Å². The second-order valence-electron chi connectivity index (χ2n) is 5.37. The lowest BCUT2D eigenvalue weighted by Crippen LogP contribution is -2.37. The van der Waals surface area contributed by atoms with Crippen molar-refractivity contribution in [2.24, 2.45) is 5.41 Å². The highest BCUT2D eigenvalue weighted by molar-refractivity contribution is 6.12. The summed E-state index contributed by atoms with van der Waals surface area (Å²) in [5, 5.41) is 0. The summed E-state index contributed by atoms with van der Waals surface area (Å²) in [7, 11) is 0. The van der Waals surface area contributed by atoms with E-state index >= 15 is 0 Å². The number of furan rings is 1. The maximum atomic E-state index is 12.8. The van der Waals surface area contributed by atoms with Gasteiger partial charge in [-0.05, 0) is 38.5 Å². The highest BCUT2D eigenvalue weighted by Crippen LogP contribution is 2.29. The van der Waals surface area contributed by atoms with Gasteiger partial charge in [0.1, 0.15) is 11.2 Å². The summed E-state index contributed by atoms with van der Waals surface area (Å²) in [6.07, 6.45) is 5.31. The Morgan fingerprint density at radius 2 is 1.91 bits per heavy atom. The topological polar surface area (TPSA) is 56.5 Å². The zero-order valence-electron chi connectivity index (χ0n) is 13.3. The van der Waals surface area contributed by atoms with Gasteiger partial charge in [-0.1, -0.05) is 36.4 Å². The van der Waals surface area contributed by atoms with Crippen LogP contribution in [0.25, 0.3) is 6.08 Å². The number of ether oxygens (including phenoxy) is 1. The molecular weight excluding hydrogens is 292 g/mol. The van der Waals surface area contributed by atoms with E-state index in [-0.39, 0.29) is 18.8 Å². The van der Waals surface area contributed by atoms with Crippen molar-refractivity contribution in [3.8, 4) is 0 Å². The van der Waals surface area contributed by atoms with Gasteiger partial charge in [-0.15, -0.1) is 0 Å². The van der Waals surface area contributed by atoms with E-state index in [4.69, 9.17) is 9.15 Å². The molecule has 1 atom stereocenters. The molecule has 0 amide bonds. The highest BCUT2D eigenvalue weighted by Gasteiger charge is 2.41. The first-order valence-electron chi connectivity index (χ1n) is 7.55. The molecule has 1 aromatic carbocycles. The molecule has 2 aromatic rings. The molecule has 0 aliphatic rings. The minimum absolute atomic E-state index is 0.235. The molecule has 0 aliphatic heterocycles. The lowest BCUT2D eigenvalue weighted by Gasteiger charge is -2.24. The van der Waals surface area contributed by atoms with Crippen molar-refractivity contribution in [2.75, 3.05) is 6.61 Å². The number of allylic oxidation sites excluding steroid dienone is 1. The SMILES string of the molecule is CCOC(=O)[C@](C)(C/C=C/c1ccco1)C(=O)c1ccccc1. The lowest BCUT2D eigenvalue weighted by molar-refractivity contribution is -0.151. The molecule has 0 aliphatic carbocycles. The van der Waals surface area contributed by atoms with Crippen molar-refractivity contribution >= 4 is 17.8 Å². The van der Waals surface area contributed by atoms with E-state index < -0.39 is 11.4 Å². The smallest absolute Gasteiger partial charge is 0.320 e. The number of carbonyl (C=O) groups excluding carboxylic acids is 2. The van der Waals surface area contributed by atoms with Crippen molar-refractivity contribution in [1.82, 2.24) is 0 Å². The fraction of sp³-hybridized carbons (Fsp3) is 0.263. The number of carbonyl (C=O) groups is 2. The molecular formula is C19H20O4. The Kier molecular flexibility index (Phi) is 5.52. The van der Waals surface area contributed by atoms with Crippen LogP contribution in [0.1, 0.15) is 36.4 Å². The zero-order valence-corrected chi connectivity index (χ0v) is 13.3. The van der Waals surface area contributed by atoms with E-state index in [1.165, 1.54) is 0 Å². The van der Waals surface area contributed by atoms with Crippen molar-refractivity contribution < 1.29 is 18.7 Å². The van der Waals surface area contributed by atoms with Gasteiger partial charge in [0.05, 0.1) is 12.9 Å². The van der Waals surface area contributed by atoms with Crippen molar-refractivity contribution in [3.05, 3.63) is 66.1 Å². The van der Waals surface area contributed by atoms with Crippen LogP contribution in [0.5, 0.6) is 0 Å². The van der Waals surface area contributed by atoms with E-state index in [1.54, 1.807) is 68.7 Å². The number of benzene rings is 1. The van der Waals surface area contributed by atoms with E-state index in [2.05, 4.69) is 0 Å². The lowest BCUT2D eigenvalue weighted by atomic mass is 9.79. The Morgan fingerprint density at radius 1 is 1.17 bits per heavy atom. The minimum atomic E-state index is -1.26. The monoisotopic (exact) mass is 312 g/mol. The van der Waals surface area contributed by atoms with Gasteiger partial charge in [0, 0.05) is 5.56 Å². The maximum Gasteiger partial charge on any atom is 0.320 e. The van der Waals surface area contributed by atoms with Crippen LogP contribution in [0, 0.1) is 5.41 Å². The summed E-state index contributed by atoms with van der Waals surface area (Å²) in [6.45, 7) is 3.58. The summed E-state index contributed by atoms with van der Waals surface area (Å²) in [5.74, 6) is -0.0954. The first-order valence-corrected chi connectivity index (χ1v) is 7.55. The van der Waals surface area contributed by atoms with Crippen LogP contribution in [-0.2, 0) is 9.53 Å². The first kappa shape index (κ1) is 16.7. The molecule has 0 saturated heterocycles. The van der Waals surface area contributed by atoms with Gasteiger partial charge in [-0.25, -0.2) is 0 Å². The van der Waals surface area contributed by atoms with Crippen LogP contribution in [-0.4, -0.2) is 18.4 Å². The van der Waals surface area contributed by atoms with Gasteiger partial charge in [0.2, 0.25) is 0 Å². The molecule has 0 fully saturated rings. The molecule has 120 valence electrons. The van der Waals surface area contributed by atoms with Crippen molar-refractivity contribution in [1.29, 1.82) is 0 Å². The Morgan fingerprint density at radius 3 is 2.52 bits per heavy atom. The van der Waals surface area contributed by atoms with Gasteiger partial charge in [0.15, 0.2) is 5.78 Å². The molecule has 4 heteroatoms. The standard InChI is InChI=1S/C19H20O4/c1-3-22-18(21)19(2,13-7-11-16-12-8-14-23-16)17(20)15-9-5-4-6-10-15/h4-12,14H,3,13H2,1-2H3/b11-7+/t19-/m1/s1. The zero-order chi connectivity index (χ0) is 16.7. The molecule has 0 bridgehead atoms. The molecule has 4 nitrogen and oxygen atoms in total. The molecule has 1 aromatic heterocycles. The van der Waals surface area contributed by atoms with Crippen molar-refractivity contribution in [2.45, 2.75) is 20.3 Å². The average Bonchev–Trinajstić information content (AvgIpc) is 3.08. The maximum absolute atomic E-state index is 12.8. The first-order chi connectivity index (χ1) is 11.1. The minimum Gasteiger partial charge on any atom is -0.465 e. The second kappa shape index (κ2) is 7.58. The van der Waals surface area contributed by atoms with Crippen LogP contribution >= 0.6 is 0 Å². The summed E-state index contributed by atoms with van der Waals surface area (Å²) in [4.78, 5) is 25.2. The molecule has 0 saturated carbocycles. The largest absolute Gasteiger partial charge is 0.465 e. The molecule has 1 heterocycles. The highest BCUT2D eigenvalue weighted by atomic mass is 16.5. The van der Waals surface area contributed by atoms with Crippen LogP contribution in [0.2, 0.25) is 0 Å². The third-order valence-corrected chi connectivity index (χ3v) is 3.61. The summed E-state index contributed by atoms with van der Waals surface area (Å²) >= 11 is 0. The molecule has 23 heavy (non-hydrogen) atoms. The number of Topliss-reactive ketones (excluding diaryl/α,β-unsaturated/α-hetero) is 1. The average molecular weight is 312 g/mol. The van der Waals surface area contributed by atoms with E-state index in [0.29, 0.717) is 11.3 Å². The normalized spacial score (nSPS) is 13.7. The van der Waals surface area contributed by atoms with Crippen LogP contribution in [0.15, 0.2) is 59.2 Å². The van der Waals surface area contributed by atoms with Gasteiger partial charge in [-0.2, -0.15) is 0 Å². The number of esters is 1. The van der Waals surface area contributed by atoms with Gasteiger partial charge >= 0.3 is 5.97 Å². The Balaban J connectivity index is 2.24. The summed E-state index contributed by atoms with van der Waals surface area (Å²) < 4.78 is 10.3. The van der Waals surface area contributed by atoms with Gasteiger partial charge in [-0.3, -0.25) is 9.59 Å². The Hall–Kier alpha value is -2.62. The van der Waals surface area contributed by atoms with E-state index in [0.717, 1.165) is 0 Å². The molecule has 0 spiro atoms. The Bertz CT molecular complexity index is 671. The predicted molar refractivity (Wildman–Crippen MR) is 87.9 cm³/mol. The molecule has 0 unspecified atom stereocenters. The fourth-order valence-electron chi connectivity index (χ4n) is 2.26. The predicted octanol–water partition coefficient (Wildman–Crippen LogP) is 4.14. The van der Waals surface area contributed by atoms with Crippen LogP contribution in [0.4, 0.5) is 0 Å². The summed E-state index contributed by atoms with van der Waals surface area (Å²) in [5.41, 5.74) is -0.769.